The average Bonchev–Trinajstić information content (AvgIpc) is 3.01. The van der Waals surface area contributed by atoms with Crippen molar-refractivity contribution in [2.75, 3.05) is 0 Å². The molecule has 1 fully saturated rings. The summed E-state index contributed by atoms with van der Waals surface area (Å²) in [4.78, 5) is 0. The summed E-state index contributed by atoms with van der Waals surface area (Å²) >= 11 is 0. The molecule has 1 aliphatic carbocycles. The van der Waals surface area contributed by atoms with Crippen LogP contribution in [-0.4, -0.2) is 11.2 Å². The summed E-state index contributed by atoms with van der Waals surface area (Å²) in [7, 11) is 0. The van der Waals surface area contributed by atoms with Gasteiger partial charge < -0.3 is 5.11 Å². The highest BCUT2D eigenvalue weighted by Gasteiger charge is 2.49. The van der Waals surface area contributed by atoms with E-state index in [2.05, 4.69) is 25.7 Å². The number of hydrogen-bond donors (Lipinski definition) is 1. The van der Waals surface area contributed by atoms with Crippen LogP contribution in [0.25, 0.3) is 0 Å². The van der Waals surface area contributed by atoms with Gasteiger partial charge in [0, 0.05) is 5.41 Å². The van der Waals surface area contributed by atoms with Gasteiger partial charge >= 0.3 is 0 Å². The average molecular weight is 206 g/mol. The van der Waals surface area contributed by atoms with E-state index >= 15 is 0 Å². The maximum atomic E-state index is 10.1. The van der Waals surface area contributed by atoms with E-state index in [1.165, 1.54) is 5.57 Å². The molecule has 0 saturated heterocycles. The van der Waals surface area contributed by atoms with Crippen LogP contribution >= 0.6 is 0 Å². The zero-order valence-corrected chi connectivity index (χ0v) is 9.87. The highest BCUT2D eigenvalue weighted by molar-refractivity contribution is 5.34. The van der Waals surface area contributed by atoms with E-state index in [4.69, 9.17) is 0 Å². The molecule has 0 aromatic carbocycles. The van der Waals surface area contributed by atoms with Gasteiger partial charge in [0.25, 0.3) is 0 Å². The molecule has 0 aliphatic heterocycles. The maximum absolute atomic E-state index is 10.1. The fourth-order valence-corrected chi connectivity index (χ4v) is 2.22. The zero-order valence-electron chi connectivity index (χ0n) is 9.87. The Kier molecular flexibility index (Phi) is 4.34. The van der Waals surface area contributed by atoms with E-state index in [0.29, 0.717) is 0 Å². The molecule has 1 heteroatoms. The summed E-state index contributed by atoms with van der Waals surface area (Å²) in [6.45, 7) is 7.84. The third kappa shape index (κ3) is 2.60. The minimum atomic E-state index is -0.178. The van der Waals surface area contributed by atoms with Crippen LogP contribution in [0.1, 0.15) is 39.5 Å². The van der Waals surface area contributed by atoms with Crippen molar-refractivity contribution < 1.29 is 5.11 Å². The van der Waals surface area contributed by atoms with Gasteiger partial charge in [-0.2, -0.15) is 0 Å². The normalized spacial score (nSPS) is 21.7. The smallest absolute Gasteiger partial charge is 0.0636 e. The van der Waals surface area contributed by atoms with Crippen molar-refractivity contribution in [3.8, 4) is 0 Å². The molecule has 1 aliphatic rings. The number of rotatable bonds is 6. The molecule has 1 saturated carbocycles. The number of hydrogen-bond acceptors (Lipinski definition) is 1. The second-order valence-corrected chi connectivity index (χ2v) is 4.30. The summed E-state index contributed by atoms with van der Waals surface area (Å²) in [5.41, 5.74) is 1.33. The SMILES string of the molecule is C=C/C=C\C(=C/C)C1(C(O)CCC)CC1. The molecular weight excluding hydrogens is 184 g/mol. The fourth-order valence-electron chi connectivity index (χ4n) is 2.22. The topological polar surface area (TPSA) is 20.2 Å². The van der Waals surface area contributed by atoms with Crippen molar-refractivity contribution in [3.05, 3.63) is 36.5 Å². The predicted octanol–water partition coefficient (Wildman–Crippen LogP) is 3.62. The lowest BCUT2D eigenvalue weighted by Crippen LogP contribution is -2.23. The third-order valence-electron chi connectivity index (χ3n) is 3.29. The van der Waals surface area contributed by atoms with Gasteiger partial charge in [0.15, 0.2) is 0 Å². The molecule has 84 valence electrons. The Morgan fingerprint density at radius 2 is 2.20 bits per heavy atom. The highest BCUT2D eigenvalue weighted by Crippen LogP contribution is 2.56. The minimum Gasteiger partial charge on any atom is -0.392 e. The lowest BCUT2D eigenvalue weighted by molar-refractivity contribution is 0.104. The second-order valence-electron chi connectivity index (χ2n) is 4.30. The Hall–Kier alpha value is -0.820. The summed E-state index contributed by atoms with van der Waals surface area (Å²) in [5, 5.41) is 10.1. The first-order valence-electron chi connectivity index (χ1n) is 5.85. The van der Waals surface area contributed by atoms with Crippen LogP contribution < -0.4 is 0 Å². The van der Waals surface area contributed by atoms with Crippen LogP contribution in [0.15, 0.2) is 36.5 Å². The molecule has 0 aromatic rings. The molecule has 0 bridgehead atoms. The largest absolute Gasteiger partial charge is 0.392 e. The summed E-state index contributed by atoms with van der Waals surface area (Å²) in [6, 6.07) is 0. The monoisotopic (exact) mass is 206 g/mol. The molecule has 0 amide bonds. The van der Waals surface area contributed by atoms with Gasteiger partial charge in [0.05, 0.1) is 6.10 Å². The first-order chi connectivity index (χ1) is 7.21. The van der Waals surface area contributed by atoms with Crippen molar-refractivity contribution >= 4 is 0 Å². The molecule has 0 aromatic heterocycles. The van der Waals surface area contributed by atoms with Gasteiger partial charge in [-0.15, -0.1) is 0 Å². The summed E-state index contributed by atoms with van der Waals surface area (Å²) in [6.07, 6.45) is 11.9. The molecule has 0 spiro atoms. The van der Waals surface area contributed by atoms with Gasteiger partial charge in [-0.1, -0.05) is 44.2 Å². The van der Waals surface area contributed by atoms with E-state index in [0.717, 1.165) is 25.7 Å². The molecule has 0 radical (unpaired) electrons. The zero-order chi connectivity index (χ0) is 11.3. The predicted molar refractivity (Wildman–Crippen MR) is 65.7 cm³/mol. The lowest BCUT2D eigenvalue weighted by atomic mass is 9.87. The fraction of sp³-hybridized carbons (Fsp3) is 0.571. The number of aliphatic hydroxyl groups is 1. The maximum Gasteiger partial charge on any atom is 0.0636 e. The van der Waals surface area contributed by atoms with Gasteiger partial charge in [-0.05, 0) is 31.8 Å². The van der Waals surface area contributed by atoms with E-state index in [-0.39, 0.29) is 11.5 Å². The van der Waals surface area contributed by atoms with Gasteiger partial charge in [0.1, 0.15) is 0 Å². The Balaban J connectivity index is 2.75. The number of aliphatic hydroxyl groups excluding tert-OH is 1. The van der Waals surface area contributed by atoms with Crippen molar-refractivity contribution in [3.63, 3.8) is 0 Å². The Labute approximate surface area is 93.2 Å². The van der Waals surface area contributed by atoms with Crippen LogP contribution in [0.5, 0.6) is 0 Å². The van der Waals surface area contributed by atoms with Crippen molar-refractivity contribution in [1.82, 2.24) is 0 Å². The minimum absolute atomic E-state index is 0.0598. The van der Waals surface area contributed by atoms with Gasteiger partial charge in [0.2, 0.25) is 0 Å². The van der Waals surface area contributed by atoms with Crippen LogP contribution in [-0.2, 0) is 0 Å². The van der Waals surface area contributed by atoms with Crippen LogP contribution in [0.2, 0.25) is 0 Å². The van der Waals surface area contributed by atoms with Crippen molar-refractivity contribution in [1.29, 1.82) is 0 Å². The lowest BCUT2D eigenvalue weighted by Gasteiger charge is -2.23. The van der Waals surface area contributed by atoms with E-state index in [1.807, 2.05) is 13.0 Å². The number of allylic oxidation sites excluding steroid dienone is 4. The quantitative estimate of drug-likeness (QED) is 0.658. The molecule has 0 heterocycles. The van der Waals surface area contributed by atoms with Crippen molar-refractivity contribution in [2.24, 2.45) is 5.41 Å². The molecule has 1 N–H and O–H groups in total. The van der Waals surface area contributed by atoms with Crippen LogP contribution in [0.4, 0.5) is 0 Å². The van der Waals surface area contributed by atoms with Crippen LogP contribution in [0.3, 0.4) is 0 Å². The van der Waals surface area contributed by atoms with Crippen molar-refractivity contribution in [2.45, 2.75) is 45.6 Å². The third-order valence-corrected chi connectivity index (χ3v) is 3.29. The standard InChI is InChI=1S/C14H22O/c1-4-7-9-12(6-3)14(10-11-14)13(15)8-5-2/h4,6-7,9,13,15H,1,5,8,10-11H2,2-3H3/b9-7-,12-6+. The van der Waals surface area contributed by atoms with Gasteiger partial charge in [-0.3, -0.25) is 0 Å². The molecule has 1 nitrogen and oxygen atoms in total. The second kappa shape index (κ2) is 5.32. The molecule has 1 unspecified atom stereocenters. The summed E-state index contributed by atoms with van der Waals surface area (Å²) < 4.78 is 0. The molecular formula is C14H22O. The molecule has 1 rings (SSSR count). The molecule has 15 heavy (non-hydrogen) atoms. The first kappa shape index (κ1) is 12.3. The molecule has 1 atom stereocenters. The van der Waals surface area contributed by atoms with Gasteiger partial charge in [-0.25, -0.2) is 0 Å². The summed E-state index contributed by atoms with van der Waals surface area (Å²) in [5.74, 6) is 0. The Bertz CT molecular complexity index is 269. The Morgan fingerprint density at radius 1 is 1.53 bits per heavy atom. The Morgan fingerprint density at radius 3 is 2.60 bits per heavy atom. The first-order valence-corrected chi connectivity index (χ1v) is 5.85. The highest BCUT2D eigenvalue weighted by atomic mass is 16.3. The van der Waals surface area contributed by atoms with E-state index in [1.54, 1.807) is 6.08 Å². The van der Waals surface area contributed by atoms with E-state index in [9.17, 15) is 5.11 Å². The van der Waals surface area contributed by atoms with Crippen LogP contribution in [0, 0.1) is 5.41 Å². The van der Waals surface area contributed by atoms with E-state index < -0.39 is 0 Å².